The van der Waals surface area contributed by atoms with E-state index < -0.39 is 5.60 Å². The van der Waals surface area contributed by atoms with E-state index in [1.54, 1.807) is 0 Å². The fraction of sp³-hybridized carbons (Fsp3) is 1.00. The Morgan fingerprint density at radius 3 is 2.59 bits per heavy atom. The van der Waals surface area contributed by atoms with Gasteiger partial charge in [-0.2, -0.15) is 0 Å². The van der Waals surface area contributed by atoms with Crippen molar-refractivity contribution in [3.8, 4) is 0 Å². The molecule has 2 fully saturated rings. The summed E-state index contributed by atoms with van der Waals surface area (Å²) in [6, 6.07) is 1.41. The van der Waals surface area contributed by atoms with E-state index in [1.807, 2.05) is 13.8 Å². The summed E-state index contributed by atoms with van der Waals surface area (Å²) in [5.74, 6) is 2.00. The van der Waals surface area contributed by atoms with E-state index in [-0.39, 0.29) is 0 Å². The molecule has 2 aliphatic rings. The molecule has 0 amide bonds. The molecule has 4 atom stereocenters. The predicted octanol–water partition coefficient (Wildman–Crippen LogP) is 3.09. The molecule has 2 rings (SSSR count). The van der Waals surface area contributed by atoms with Crippen LogP contribution in [-0.2, 0) is 0 Å². The summed E-state index contributed by atoms with van der Waals surface area (Å²) < 4.78 is 0. The van der Waals surface area contributed by atoms with Crippen LogP contribution in [0.2, 0.25) is 0 Å². The molecule has 2 N–H and O–H groups in total. The molecule has 100 valence electrons. The first-order chi connectivity index (χ1) is 7.94. The molecule has 0 spiro atoms. The van der Waals surface area contributed by atoms with Gasteiger partial charge in [-0.15, -0.1) is 0 Å². The van der Waals surface area contributed by atoms with Gasteiger partial charge in [0.05, 0.1) is 5.60 Å². The Morgan fingerprint density at radius 2 is 2.06 bits per heavy atom. The first kappa shape index (κ1) is 13.4. The van der Waals surface area contributed by atoms with E-state index in [9.17, 15) is 5.11 Å². The van der Waals surface area contributed by atoms with Gasteiger partial charge in [-0.3, -0.25) is 0 Å². The maximum atomic E-state index is 9.68. The van der Waals surface area contributed by atoms with Crippen LogP contribution in [0.4, 0.5) is 0 Å². The van der Waals surface area contributed by atoms with Crippen molar-refractivity contribution < 1.29 is 5.11 Å². The highest BCUT2D eigenvalue weighted by Crippen LogP contribution is 2.44. The molecule has 0 aromatic rings. The molecule has 2 heteroatoms. The van der Waals surface area contributed by atoms with Crippen LogP contribution >= 0.6 is 0 Å². The number of hydrogen-bond acceptors (Lipinski definition) is 2. The van der Waals surface area contributed by atoms with Gasteiger partial charge in [0.1, 0.15) is 0 Å². The van der Waals surface area contributed by atoms with Gasteiger partial charge in [0, 0.05) is 12.1 Å². The summed E-state index contributed by atoms with van der Waals surface area (Å²) in [6.45, 7) is 6.11. The SMILES string of the molecule is C[C@H](CCCC(C)(C)O)N[C@H]1C[C@@H]2CC[C@@H]1C2. The lowest BCUT2D eigenvalue weighted by Gasteiger charge is -2.27. The predicted molar refractivity (Wildman–Crippen MR) is 72.0 cm³/mol. The average Bonchev–Trinajstić information content (AvgIpc) is 2.76. The largest absolute Gasteiger partial charge is 0.390 e. The molecule has 2 saturated carbocycles. The first-order valence-electron chi connectivity index (χ1n) is 7.42. The minimum Gasteiger partial charge on any atom is -0.390 e. The summed E-state index contributed by atoms with van der Waals surface area (Å²) in [4.78, 5) is 0. The second kappa shape index (κ2) is 5.27. The van der Waals surface area contributed by atoms with Gasteiger partial charge in [-0.1, -0.05) is 6.42 Å². The van der Waals surface area contributed by atoms with Crippen molar-refractivity contribution in [1.82, 2.24) is 5.32 Å². The van der Waals surface area contributed by atoms with Crippen molar-refractivity contribution in [2.45, 2.75) is 83.4 Å². The smallest absolute Gasteiger partial charge is 0.0591 e. The lowest BCUT2D eigenvalue weighted by molar-refractivity contribution is 0.0673. The third-order valence-corrected chi connectivity index (χ3v) is 4.66. The highest BCUT2D eigenvalue weighted by molar-refractivity contribution is 4.94. The van der Waals surface area contributed by atoms with Gasteiger partial charge in [0.15, 0.2) is 0 Å². The maximum Gasteiger partial charge on any atom is 0.0591 e. The Kier molecular flexibility index (Phi) is 4.14. The second-order valence-electron chi connectivity index (χ2n) is 7.05. The van der Waals surface area contributed by atoms with Crippen LogP contribution in [0.3, 0.4) is 0 Å². The van der Waals surface area contributed by atoms with Crippen molar-refractivity contribution in [1.29, 1.82) is 0 Å². The number of hydrogen-bond donors (Lipinski definition) is 2. The minimum absolute atomic E-state index is 0.494. The zero-order chi connectivity index (χ0) is 12.5. The zero-order valence-corrected chi connectivity index (χ0v) is 11.7. The van der Waals surface area contributed by atoms with Crippen LogP contribution in [-0.4, -0.2) is 22.8 Å². The number of nitrogens with one attached hydrogen (secondary N) is 1. The van der Waals surface area contributed by atoms with E-state index in [2.05, 4.69) is 12.2 Å². The molecular formula is C15H29NO. The van der Waals surface area contributed by atoms with Gasteiger partial charge < -0.3 is 10.4 Å². The van der Waals surface area contributed by atoms with Crippen molar-refractivity contribution in [2.75, 3.05) is 0 Å². The molecule has 0 heterocycles. The van der Waals surface area contributed by atoms with E-state index in [1.165, 1.54) is 32.1 Å². The van der Waals surface area contributed by atoms with E-state index in [0.29, 0.717) is 6.04 Å². The first-order valence-corrected chi connectivity index (χ1v) is 7.42. The molecule has 2 aliphatic carbocycles. The van der Waals surface area contributed by atoms with Gasteiger partial charge >= 0.3 is 0 Å². The zero-order valence-electron chi connectivity index (χ0n) is 11.7. The Bertz CT molecular complexity index is 246. The standard InChI is InChI=1S/C15H29NO/c1-11(5-4-8-15(2,3)17)16-14-10-12-6-7-13(14)9-12/h11-14,16-17H,4-10H2,1-3H3/t11-,12-,13-,14+/m1/s1. The van der Waals surface area contributed by atoms with Crippen LogP contribution in [0.15, 0.2) is 0 Å². The number of aliphatic hydroxyl groups is 1. The molecule has 2 bridgehead atoms. The number of fused-ring (bicyclic) bond motifs is 2. The van der Waals surface area contributed by atoms with Crippen LogP contribution in [0.1, 0.15) is 65.7 Å². The summed E-state index contributed by atoms with van der Waals surface area (Å²) >= 11 is 0. The Morgan fingerprint density at radius 1 is 1.29 bits per heavy atom. The maximum absolute atomic E-state index is 9.68. The average molecular weight is 239 g/mol. The van der Waals surface area contributed by atoms with E-state index in [0.717, 1.165) is 30.7 Å². The summed E-state index contributed by atoms with van der Waals surface area (Å²) in [5.41, 5.74) is -0.494. The third-order valence-electron chi connectivity index (χ3n) is 4.66. The Labute approximate surface area is 106 Å². The normalized spacial score (nSPS) is 34.2. The van der Waals surface area contributed by atoms with Gasteiger partial charge in [-0.25, -0.2) is 0 Å². The molecule has 17 heavy (non-hydrogen) atoms. The highest BCUT2D eigenvalue weighted by Gasteiger charge is 2.39. The summed E-state index contributed by atoms with van der Waals surface area (Å²) in [7, 11) is 0. The Hall–Kier alpha value is -0.0800. The fourth-order valence-electron chi connectivity index (χ4n) is 3.74. The number of rotatable bonds is 6. The fourth-order valence-corrected chi connectivity index (χ4v) is 3.74. The second-order valence-corrected chi connectivity index (χ2v) is 7.05. The molecule has 0 aliphatic heterocycles. The molecule has 0 aromatic heterocycles. The van der Waals surface area contributed by atoms with Crippen molar-refractivity contribution in [3.63, 3.8) is 0 Å². The molecule has 0 aromatic carbocycles. The van der Waals surface area contributed by atoms with Gasteiger partial charge in [-0.05, 0) is 71.1 Å². The lowest BCUT2D eigenvalue weighted by atomic mass is 9.94. The molecule has 0 unspecified atom stereocenters. The lowest BCUT2D eigenvalue weighted by Crippen LogP contribution is -2.40. The minimum atomic E-state index is -0.494. The van der Waals surface area contributed by atoms with Crippen LogP contribution in [0, 0.1) is 11.8 Å². The molecular weight excluding hydrogens is 210 g/mol. The topological polar surface area (TPSA) is 32.3 Å². The van der Waals surface area contributed by atoms with Crippen molar-refractivity contribution >= 4 is 0 Å². The van der Waals surface area contributed by atoms with Crippen molar-refractivity contribution in [2.24, 2.45) is 11.8 Å². The molecule has 2 nitrogen and oxygen atoms in total. The van der Waals surface area contributed by atoms with Crippen LogP contribution < -0.4 is 5.32 Å². The van der Waals surface area contributed by atoms with E-state index in [4.69, 9.17) is 0 Å². The summed E-state index contributed by atoms with van der Waals surface area (Å²) in [6.07, 6.45) is 9.06. The monoisotopic (exact) mass is 239 g/mol. The van der Waals surface area contributed by atoms with Crippen molar-refractivity contribution in [3.05, 3.63) is 0 Å². The van der Waals surface area contributed by atoms with Gasteiger partial charge in [0.25, 0.3) is 0 Å². The third kappa shape index (κ3) is 3.96. The molecule has 0 radical (unpaired) electrons. The highest BCUT2D eigenvalue weighted by atomic mass is 16.3. The Balaban J connectivity index is 1.63. The quantitative estimate of drug-likeness (QED) is 0.746. The summed E-state index contributed by atoms with van der Waals surface area (Å²) in [5, 5.41) is 13.5. The van der Waals surface area contributed by atoms with Crippen LogP contribution in [0.25, 0.3) is 0 Å². The van der Waals surface area contributed by atoms with Gasteiger partial charge in [0.2, 0.25) is 0 Å². The van der Waals surface area contributed by atoms with E-state index >= 15 is 0 Å². The van der Waals surface area contributed by atoms with Crippen LogP contribution in [0.5, 0.6) is 0 Å². The molecule has 0 saturated heterocycles.